The van der Waals surface area contributed by atoms with Crippen LogP contribution in [-0.2, 0) is 4.79 Å². The van der Waals surface area contributed by atoms with E-state index in [2.05, 4.69) is 46.0 Å². The summed E-state index contributed by atoms with van der Waals surface area (Å²) in [5.41, 5.74) is 1.25. The standard InChI is InChI=1S/C17H25N3OS/c1-18-10-12-19(13-11-18)8-5-9-20-16(21)14-22-17(20)15-6-3-2-4-7-15/h2-4,6-7,17H,5,8-14H2,1H3/t17-/m0/s1. The highest BCUT2D eigenvalue weighted by molar-refractivity contribution is 8.00. The second-order valence-electron chi connectivity index (χ2n) is 6.16. The van der Waals surface area contributed by atoms with Gasteiger partial charge in [0.25, 0.3) is 0 Å². The van der Waals surface area contributed by atoms with Crippen molar-refractivity contribution in [3.05, 3.63) is 35.9 Å². The van der Waals surface area contributed by atoms with E-state index in [1.54, 1.807) is 11.8 Å². The summed E-state index contributed by atoms with van der Waals surface area (Å²) in [6.45, 7) is 6.60. The van der Waals surface area contributed by atoms with Crippen LogP contribution in [0.2, 0.25) is 0 Å². The molecule has 5 heteroatoms. The molecule has 1 aromatic rings. The predicted octanol–water partition coefficient (Wildman–Crippen LogP) is 1.90. The van der Waals surface area contributed by atoms with Crippen molar-refractivity contribution in [2.75, 3.05) is 52.1 Å². The van der Waals surface area contributed by atoms with Gasteiger partial charge in [0.1, 0.15) is 5.37 Å². The summed E-state index contributed by atoms with van der Waals surface area (Å²) in [4.78, 5) is 19.1. The molecule has 0 aromatic heterocycles. The van der Waals surface area contributed by atoms with Crippen molar-refractivity contribution < 1.29 is 4.79 Å². The number of rotatable bonds is 5. The molecule has 0 N–H and O–H groups in total. The lowest BCUT2D eigenvalue weighted by atomic mass is 10.2. The maximum Gasteiger partial charge on any atom is 0.233 e. The minimum Gasteiger partial charge on any atom is -0.326 e. The van der Waals surface area contributed by atoms with Crippen LogP contribution in [-0.4, -0.2) is 72.7 Å². The molecule has 2 aliphatic rings. The van der Waals surface area contributed by atoms with Crippen LogP contribution in [0.1, 0.15) is 17.4 Å². The molecule has 0 aliphatic carbocycles. The Kier molecular flexibility index (Phi) is 5.39. The molecule has 1 atom stereocenters. The van der Waals surface area contributed by atoms with Gasteiger partial charge in [0.2, 0.25) is 5.91 Å². The van der Waals surface area contributed by atoms with E-state index in [9.17, 15) is 4.79 Å². The predicted molar refractivity (Wildman–Crippen MR) is 91.9 cm³/mol. The zero-order valence-corrected chi connectivity index (χ0v) is 14.1. The van der Waals surface area contributed by atoms with Gasteiger partial charge in [-0.1, -0.05) is 30.3 Å². The molecule has 2 aliphatic heterocycles. The highest BCUT2D eigenvalue weighted by Crippen LogP contribution is 2.38. The Balaban J connectivity index is 1.51. The number of hydrogen-bond acceptors (Lipinski definition) is 4. The maximum absolute atomic E-state index is 12.2. The normalized spacial score (nSPS) is 24.1. The smallest absolute Gasteiger partial charge is 0.233 e. The lowest BCUT2D eigenvalue weighted by molar-refractivity contribution is -0.128. The Morgan fingerprint density at radius 3 is 2.55 bits per heavy atom. The van der Waals surface area contributed by atoms with Crippen LogP contribution in [0, 0.1) is 0 Å². The highest BCUT2D eigenvalue weighted by Gasteiger charge is 2.32. The summed E-state index contributed by atoms with van der Waals surface area (Å²) in [6.07, 6.45) is 1.07. The summed E-state index contributed by atoms with van der Waals surface area (Å²) >= 11 is 1.75. The summed E-state index contributed by atoms with van der Waals surface area (Å²) in [5.74, 6) is 0.908. The number of likely N-dealkylation sites (N-methyl/N-ethyl adjacent to an activating group) is 1. The van der Waals surface area contributed by atoms with Gasteiger partial charge in [-0.2, -0.15) is 0 Å². The zero-order valence-electron chi connectivity index (χ0n) is 13.3. The molecule has 3 rings (SSSR count). The van der Waals surface area contributed by atoms with Gasteiger partial charge >= 0.3 is 0 Å². The van der Waals surface area contributed by atoms with Gasteiger partial charge < -0.3 is 14.7 Å². The third-order valence-electron chi connectivity index (χ3n) is 4.52. The van der Waals surface area contributed by atoms with Crippen LogP contribution in [0.5, 0.6) is 0 Å². The van der Waals surface area contributed by atoms with Crippen molar-refractivity contribution in [2.45, 2.75) is 11.8 Å². The number of nitrogens with zero attached hydrogens (tertiary/aromatic N) is 3. The molecule has 0 saturated carbocycles. The first kappa shape index (κ1) is 15.8. The number of amides is 1. The van der Waals surface area contributed by atoms with Gasteiger partial charge in [-0.15, -0.1) is 11.8 Å². The van der Waals surface area contributed by atoms with Crippen LogP contribution in [0.3, 0.4) is 0 Å². The number of thioether (sulfide) groups is 1. The molecular weight excluding hydrogens is 294 g/mol. The van der Waals surface area contributed by atoms with Crippen LogP contribution >= 0.6 is 11.8 Å². The van der Waals surface area contributed by atoms with Crippen molar-refractivity contribution in [1.82, 2.24) is 14.7 Å². The van der Waals surface area contributed by atoms with Gasteiger partial charge in [0.15, 0.2) is 0 Å². The van der Waals surface area contributed by atoms with E-state index >= 15 is 0 Å². The number of piperazine rings is 1. The number of hydrogen-bond donors (Lipinski definition) is 0. The topological polar surface area (TPSA) is 26.8 Å². The van der Waals surface area contributed by atoms with Crippen LogP contribution in [0.15, 0.2) is 30.3 Å². The van der Waals surface area contributed by atoms with Gasteiger partial charge in [-0.25, -0.2) is 0 Å². The molecule has 22 heavy (non-hydrogen) atoms. The molecular formula is C17H25N3OS. The quantitative estimate of drug-likeness (QED) is 0.828. The molecule has 0 spiro atoms. The van der Waals surface area contributed by atoms with Crippen LogP contribution in [0.25, 0.3) is 0 Å². The van der Waals surface area contributed by atoms with Crippen molar-refractivity contribution in [3.63, 3.8) is 0 Å². The number of carbonyl (C=O) groups is 1. The van der Waals surface area contributed by atoms with Gasteiger partial charge in [0.05, 0.1) is 5.75 Å². The summed E-state index contributed by atoms with van der Waals surface area (Å²) in [5, 5.41) is 0.209. The van der Waals surface area contributed by atoms with E-state index in [1.807, 2.05) is 6.07 Å². The molecule has 0 bridgehead atoms. The first-order valence-electron chi connectivity index (χ1n) is 8.11. The molecule has 2 saturated heterocycles. The summed E-state index contributed by atoms with van der Waals surface area (Å²) in [7, 11) is 2.18. The second-order valence-corrected chi connectivity index (χ2v) is 7.23. The minimum atomic E-state index is 0.209. The fourth-order valence-electron chi connectivity index (χ4n) is 3.13. The Bertz CT molecular complexity index is 488. The first-order chi connectivity index (χ1) is 10.7. The van der Waals surface area contributed by atoms with Crippen molar-refractivity contribution >= 4 is 17.7 Å². The molecule has 2 fully saturated rings. The third-order valence-corrected chi connectivity index (χ3v) is 5.78. The molecule has 120 valence electrons. The second kappa shape index (κ2) is 7.49. The lowest BCUT2D eigenvalue weighted by Gasteiger charge is -2.33. The Labute approximate surface area is 137 Å². The zero-order chi connectivity index (χ0) is 15.4. The SMILES string of the molecule is CN1CCN(CCCN2C(=O)CS[C@H]2c2ccccc2)CC1. The highest BCUT2D eigenvalue weighted by atomic mass is 32.2. The molecule has 1 aromatic carbocycles. The molecule has 0 radical (unpaired) electrons. The lowest BCUT2D eigenvalue weighted by Crippen LogP contribution is -2.45. The summed E-state index contributed by atoms with van der Waals surface area (Å²) < 4.78 is 0. The van der Waals surface area contributed by atoms with E-state index < -0.39 is 0 Å². The van der Waals surface area contributed by atoms with E-state index in [-0.39, 0.29) is 11.3 Å². The van der Waals surface area contributed by atoms with Crippen molar-refractivity contribution in [3.8, 4) is 0 Å². The monoisotopic (exact) mass is 319 g/mol. The maximum atomic E-state index is 12.2. The van der Waals surface area contributed by atoms with E-state index in [0.717, 1.165) is 45.7 Å². The van der Waals surface area contributed by atoms with E-state index in [1.165, 1.54) is 5.56 Å². The van der Waals surface area contributed by atoms with Gasteiger partial charge in [-0.05, 0) is 25.6 Å². The summed E-state index contributed by atoms with van der Waals surface area (Å²) in [6, 6.07) is 10.4. The fraction of sp³-hybridized carbons (Fsp3) is 0.588. The minimum absolute atomic E-state index is 0.209. The Morgan fingerprint density at radius 2 is 1.82 bits per heavy atom. The Morgan fingerprint density at radius 1 is 1.09 bits per heavy atom. The fourth-order valence-corrected chi connectivity index (χ4v) is 4.34. The molecule has 0 unspecified atom stereocenters. The van der Waals surface area contributed by atoms with Crippen LogP contribution in [0.4, 0.5) is 0 Å². The van der Waals surface area contributed by atoms with E-state index in [0.29, 0.717) is 5.75 Å². The third kappa shape index (κ3) is 3.83. The van der Waals surface area contributed by atoms with E-state index in [4.69, 9.17) is 0 Å². The number of benzene rings is 1. The molecule has 2 heterocycles. The largest absolute Gasteiger partial charge is 0.326 e. The average Bonchev–Trinajstić information content (AvgIpc) is 2.91. The van der Waals surface area contributed by atoms with Crippen molar-refractivity contribution in [2.24, 2.45) is 0 Å². The average molecular weight is 319 g/mol. The Hall–Kier alpha value is -1.04. The number of carbonyl (C=O) groups excluding carboxylic acids is 1. The molecule has 4 nitrogen and oxygen atoms in total. The first-order valence-corrected chi connectivity index (χ1v) is 9.16. The van der Waals surface area contributed by atoms with Gasteiger partial charge in [0, 0.05) is 32.7 Å². The molecule has 1 amide bonds. The van der Waals surface area contributed by atoms with Crippen LogP contribution < -0.4 is 0 Å². The van der Waals surface area contributed by atoms with Gasteiger partial charge in [-0.3, -0.25) is 4.79 Å². The van der Waals surface area contributed by atoms with Crippen molar-refractivity contribution in [1.29, 1.82) is 0 Å².